The number of hydrogen-bond acceptors (Lipinski definition) is 4. The minimum Gasteiger partial charge on any atom is -0.285 e. The van der Waals surface area contributed by atoms with Gasteiger partial charge in [0.15, 0.2) is 0 Å². The van der Waals surface area contributed by atoms with Gasteiger partial charge in [-0.2, -0.15) is 0 Å². The summed E-state index contributed by atoms with van der Waals surface area (Å²) in [4.78, 5) is 11.9. The molecule has 130 valence electrons. The lowest BCUT2D eigenvalue weighted by Gasteiger charge is -2.16. The number of benzene rings is 1. The summed E-state index contributed by atoms with van der Waals surface area (Å²) < 4.78 is 27.5. The summed E-state index contributed by atoms with van der Waals surface area (Å²) in [5.74, 6) is -0.519. The molecule has 2 N–H and O–H groups in total. The zero-order valence-corrected chi connectivity index (χ0v) is 15.8. The maximum atomic E-state index is 12.5. The largest absolute Gasteiger partial charge is 0.285 e. The van der Waals surface area contributed by atoms with Crippen molar-refractivity contribution in [2.45, 2.75) is 37.6 Å². The van der Waals surface area contributed by atoms with Crippen molar-refractivity contribution in [2.75, 3.05) is 14.1 Å². The summed E-state index contributed by atoms with van der Waals surface area (Å²) in [5.41, 5.74) is 2.55. The highest BCUT2D eigenvalue weighted by Gasteiger charge is 2.24. The fraction of sp³-hybridized carbons (Fsp3) is 0.500. The molecule has 6 nitrogen and oxygen atoms in total. The number of carbonyl (C=O) groups is 1. The van der Waals surface area contributed by atoms with Crippen LogP contribution in [0.15, 0.2) is 17.0 Å². The van der Waals surface area contributed by atoms with Crippen LogP contribution in [-0.2, 0) is 10.0 Å². The Kier molecular flexibility index (Phi) is 7.29. The molecule has 0 spiro atoms. The van der Waals surface area contributed by atoms with E-state index in [0.717, 1.165) is 6.42 Å². The van der Waals surface area contributed by atoms with Gasteiger partial charge < -0.3 is 0 Å². The molecule has 0 unspecified atom stereocenters. The molecule has 0 aliphatic rings. The Morgan fingerprint density at radius 3 is 2.39 bits per heavy atom. The molecule has 1 atom stereocenters. The molecular weight excluding hydrogens is 361 g/mol. The van der Waals surface area contributed by atoms with Crippen molar-refractivity contribution in [3.8, 4) is 0 Å². The average molecular weight is 382 g/mol. The molecule has 0 bridgehead atoms. The molecule has 0 aromatic heterocycles. The number of rotatable bonds is 7. The van der Waals surface area contributed by atoms with Crippen LogP contribution in [0.3, 0.4) is 0 Å². The maximum Gasteiger partial charge on any atom is 0.267 e. The Bertz CT molecular complexity index is 678. The average Bonchev–Trinajstić information content (AvgIpc) is 2.36. The van der Waals surface area contributed by atoms with Gasteiger partial charge in [0.05, 0.1) is 15.6 Å². The summed E-state index contributed by atoms with van der Waals surface area (Å²) >= 11 is 12.0. The Balaban J connectivity index is 3.24. The summed E-state index contributed by atoms with van der Waals surface area (Å²) in [5, 5.41) is 1.48. The molecule has 0 fully saturated rings. The lowest BCUT2D eigenvalue weighted by molar-refractivity contribution is 0.0857. The van der Waals surface area contributed by atoms with Gasteiger partial charge in [0, 0.05) is 20.1 Å². The van der Waals surface area contributed by atoms with Gasteiger partial charge in [-0.15, -0.1) is 0 Å². The number of amides is 1. The van der Waals surface area contributed by atoms with Crippen LogP contribution in [0, 0.1) is 0 Å². The third-order valence-corrected chi connectivity index (χ3v) is 5.33. The number of nitrogens with zero attached hydrogens (tertiary/aromatic N) is 1. The number of halogens is 2. The van der Waals surface area contributed by atoms with Gasteiger partial charge >= 0.3 is 0 Å². The standard InChI is InChI=1S/C14H21Cl2N3O3S/c1-5-6-9(2)18-23(21,22)13-7-10(11(15)8-12(13)16)14(20)17-19(3)4/h7-9,18H,5-6H2,1-4H3,(H,17,20)/t9-/m1/s1. The van der Waals surface area contributed by atoms with E-state index in [1.165, 1.54) is 17.1 Å². The van der Waals surface area contributed by atoms with Gasteiger partial charge in [0.1, 0.15) is 4.90 Å². The third-order valence-electron chi connectivity index (χ3n) is 2.96. The molecule has 0 aliphatic heterocycles. The maximum absolute atomic E-state index is 12.5. The highest BCUT2D eigenvalue weighted by atomic mass is 35.5. The summed E-state index contributed by atoms with van der Waals surface area (Å²) in [6.07, 6.45) is 1.53. The van der Waals surface area contributed by atoms with Crippen molar-refractivity contribution in [2.24, 2.45) is 0 Å². The van der Waals surface area contributed by atoms with Gasteiger partial charge in [0.25, 0.3) is 5.91 Å². The first-order valence-electron chi connectivity index (χ1n) is 7.08. The number of sulfonamides is 1. The second-order valence-corrected chi connectivity index (χ2v) is 7.91. The first-order chi connectivity index (χ1) is 10.6. The fourth-order valence-electron chi connectivity index (χ4n) is 1.99. The Hall–Kier alpha value is -0.860. The van der Waals surface area contributed by atoms with Crippen molar-refractivity contribution in [1.82, 2.24) is 15.2 Å². The van der Waals surface area contributed by atoms with E-state index in [9.17, 15) is 13.2 Å². The monoisotopic (exact) mass is 381 g/mol. The minimum absolute atomic E-state index is 0.0346. The van der Waals surface area contributed by atoms with Crippen LogP contribution in [0.25, 0.3) is 0 Å². The normalized spacial score (nSPS) is 13.2. The molecule has 0 radical (unpaired) electrons. The van der Waals surface area contributed by atoms with Crippen molar-refractivity contribution < 1.29 is 13.2 Å². The molecule has 0 saturated carbocycles. The number of carbonyl (C=O) groups excluding carboxylic acids is 1. The number of nitrogens with one attached hydrogen (secondary N) is 2. The Labute approximate surface area is 147 Å². The molecule has 1 aromatic carbocycles. The van der Waals surface area contributed by atoms with Crippen LogP contribution in [0.4, 0.5) is 0 Å². The first kappa shape index (κ1) is 20.2. The molecule has 1 aromatic rings. The van der Waals surface area contributed by atoms with Crippen LogP contribution in [0.1, 0.15) is 37.0 Å². The van der Waals surface area contributed by atoms with Gasteiger partial charge in [-0.3, -0.25) is 10.2 Å². The van der Waals surface area contributed by atoms with E-state index < -0.39 is 15.9 Å². The molecule has 1 rings (SSSR count). The summed E-state index contributed by atoms with van der Waals surface area (Å²) in [6, 6.07) is 2.20. The van der Waals surface area contributed by atoms with E-state index in [1.54, 1.807) is 21.0 Å². The lowest BCUT2D eigenvalue weighted by atomic mass is 10.2. The molecule has 23 heavy (non-hydrogen) atoms. The van der Waals surface area contributed by atoms with Crippen molar-refractivity contribution in [3.63, 3.8) is 0 Å². The van der Waals surface area contributed by atoms with Crippen LogP contribution in [0.5, 0.6) is 0 Å². The first-order valence-corrected chi connectivity index (χ1v) is 9.32. The van der Waals surface area contributed by atoms with Crippen LogP contribution in [-0.4, -0.2) is 39.5 Å². The van der Waals surface area contributed by atoms with E-state index in [4.69, 9.17) is 23.2 Å². The molecule has 0 aliphatic carbocycles. The quantitative estimate of drug-likeness (QED) is 0.711. The van der Waals surface area contributed by atoms with Crippen LogP contribution >= 0.6 is 23.2 Å². The smallest absolute Gasteiger partial charge is 0.267 e. The second-order valence-electron chi connectivity index (χ2n) is 5.41. The Morgan fingerprint density at radius 2 is 1.87 bits per heavy atom. The predicted octanol–water partition coefficient (Wildman–Crippen LogP) is 2.67. The predicted molar refractivity (Wildman–Crippen MR) is 92.3 cm³/mol. The highest BCUT2D eigenvalue weighted by molar-refractivity contribution is 7.89. The van der Waals surface area contributed by atoms with Gasteiger partial charge in [-0.05, 0) is 25.5 Å². The van der Waals surface area contributed by atoms with Crippen LogP contribution < -0.4 is 10.1 Å². The molecule has 0 heterocycles. The topological polar surface area (TPSA) is 78.5 Å². The zero-order valence-electron chi connectivity index (χ0n) is 13.5. The highest BCUT2D eigenvalue weighted by Crippen LogP contribution is 2.29. The van der Waals surface area contributed by atoms with Gasteiger partial charge in [-0.25, -0.2) is 18.1 Å². The zero-order chi connectivity index (χ0) is 17.8. The summed E-state index contributed by atoms with van der Waals surface area (Å²) in [7, 11) is -0.583. The van der Waals surface area contributed by atoms with E-state index in [1.807, 2.05) is 6.92 Å². The lowest BCUT2D eigenvalue weighted by Crippen LogP contribution is -2.36. The molecule has 0 saturated heterocycles. The second kappa shape index (κ2) is 8.30. The van der Waals surface area contributed by atoms with E-state index >= 15 is 0 Å². The van der Waals surface area contributed by atoms with E-state index in [0.29, 0.717) is 6.42 Å². The van der Waals surface area contributed by atoms with Crippen LogP contribution in [0.2, 0.25) is 10.0 Å². The molecule has 9 heteroatoms. The SMILES string of the molecule is CCC[C@@H](C)NS(=O)(=O)c1cc(C(=O)NN(C)C)c(Cl)cc1Cl. The van der Waals surface area contributed by atoms with Gasteiger partial charge in [-0.1, -0.05) is 36.5 Å². The third kappa shape index (κ3) is 5.61. The number of hydrazine groups is 1. The van der Waals surface area contributed by atoms with Gasteiger partial charge in [0.2, 0.25) is 10.0 Å². The molecular formula is C14H21Cl2N3O3S. The number of hydrogen-bond donors (Lipinski definition) is 2. The molecule has 1 amide bonds. The van der Waals surface area contributed by atoms with Crippen molar-refractivity contribution >= 4 is 39.1 Å². The Morgan fingerprint density at radius 1 is 1.26 bits per heavy atom. The summed E-state index contributed by atoms with van der Waals surface area (Å²) in [6.45, 7) is 3.73. The minimum atomic E-state index is -3.85. The van der Waals surface area contributed by atoms with Crippen molar-refractivity contribution in [1.29, 1.82) is 0 Å². The van der Waals surface area contributed by atoms with E-state index in [-0.39, 0.29) is 26.5 Å². The van der Waals surface area contributed by atoms with Crippen molar-refractivity contribution in [3.05, 3.63) is 27.7 Å². The fourth-order valence-corrected chi connectivity index (χ4v) is 4.13. The van der Waals surface area contributed by atoms with E-state index in [2.05, 4.69) is 10.1 Å².